The van der Waals surface area contributed by atoms with Crippen LogP contribution in [0.1, 0.15) is 484 Å². The van der Waals surface area contributed by atoms with Crippen LogP contribution in [0.5, 0.6) is 0 Å². The number of carbonyl (C=O) groups is 4. The van der Waals surface area contributed by atoms with Gasteiger partial charge in [-0.1, -0.05) is 433 Å². The summed E-state index contributed by atoms with van der Waals surface area (Å²) in [4.78, 5) is 73.3. The maximum Gasteiger partial charge on any atom is 0.472 e. The molecule has 0 fully saturated rings. The molecule has 0 bridgehead atoms. The molecule has 6 atom stereocenters. The number of aliphatic hydroxyl groups excluding tert-OH is 1. The van der Waals surface area contributed by atoms with E-state index in [9.17, 15) is 43.2 Å². The lowest BCUT2D eigenvalue weighted by Gasteiger charge is -2.21. The largest absolute Gasteiger partial charge is 0.472 e. The lowest BCUT2D eigenvalue weighted by Crippen LogP contribution is -2.30. The Morgan fingerprint density at radius 1 is 0.259 bits per heavy atom. The zero-order chi connectivity index (χ0) is 79.0. The second-order valence-corrected chi connectivity index (χ2v) is 35.1. The van der Waals surface area contributed by atoms with E-state index in [0.29, 0.717) is 25.7 Å². The Kier molecular flexibility index (Phi) is 80.2. The molecule has 0 saturated carbocycles. The van der Waals surface area contributed by atoms with Crippen molar-refractivity contribution in [2.24, 2.45) is 5.92 Å². The molecule has 108 heavy (non-hydrogen) atoms. The number of esters is 4. The minimum Gasteiger partial charge on any atom is -0.462 e. The van der Waals surface area contributed by atoms with Crippen molar-refractivity contribution in [3.05, 3.63) is 0 Å². The Morgan fingerprint density at radius 2 is 0.444 bits per heavy atom. The van der Waals surface area contributed by atoms with Gasteiger partial charge in [-0.25, -0.2) is 9.13 Å². The van der Waals surface area contributed by atoms with E-state index in [1.54, 1.807) is 0 Å². The number of ether oxygens (including phenoxy) is 4. The second-order valence-electron chi connectivity index (χ2n) is 32.2. The van der Waals surface area contributed by atoms with Gasteiger partial charge in [-0.15, -0.1) is 0 Å². The summed E-state index contributed by atoms with van der Waals surface area (Å²) >= 11 is 0. The van der Waals surface area contributed by atoms with E-state index in [4.69, 9.17) is 37.0 Å². The monoisotopic (exact) mass is 1580 g/mol. The first-order chi connectivity index (χ1) is 52.6. The summed E-state index contributed by atoms with van der Waals surface area (Å²) in [5, 5.41) is 10.7. The average molecular weight is 1580 g/mol. The predicted octanol–water partition coefficient (Wildman–Crippen LogP) is 27.5. The molecule has 0 saturated heterocycles. The van der Waals surface area contributed by atoms with Crippen LogP contribution >= 0.6 is 15.6 Å². The first-order valence-corrected chi connectivity index (χ1v) is 49.2. The zero-order valence-electron chi connectivity index (χ0n) is 71.0. The number of hydrogen-bond acceptors (Lipinski definition) is 15. The zero-order valence-corrected chi connectivity index (χ0v) is 72.8. The highest BCUT2D eigenvalue weighted by atomic mass is 31.2. The smallest absolute Gasteiger partial charge is 0.462 e. The van der Waals surface area contributed by atoms with Gasteiger partial charge in [0.1, 0.15) is 19.3 Å². The highest BCUT2D eigenvalue weighted by Crippen LogP contribution is 2.45. The molecule has 0 spiro atoms. The van der Waals surface area contributed by atoms with Gasteiger partial charge >= 0.3 is 39.5 Å². The van der Waals surface area contributed by atoms with Crippen LogP contribution in [0.2, 0.25) is 0 Å². The van der Waals surface area contributed by atoms with Gasteiger partial charge < -0.3 is 33.8 Å². The van der Waals surface area contributed by atoms with E-state index < -0.39 is 97.5 Å². The van der Waals surface area contributed by atoms with Gasteiger partial charge in [0.15, 0.2) is 12.2 Å². The van der Waals surface area contributed by atoms with Gasteiger partial charge in [0.2, 0.25) is 0 Å². The molecule has 0 rings (SSSR count). The van der Waals surface area contributed by atoms with Gasteiger partial charge in [-0.2, -0.15) is 0 Å². The minimum absolute atomic E-state index is 0.109. The van der Waals surface area contributed by atoms with Crippen LogP contribution in [0.25, 0.3) is 0 Å². The fourth-order valence-corrected chi connectivity index (χ4v) is 15.5. The maximum absolute atomic E-state index is 13.2. The van der Waals surface area contributed by atoms with Gasteiger partial charge in [-0.3, -0.25) is 37.3 Å². The number of phosphoric acid groups is 2. The van der Waals surface area contributed by atoms with Gasteiger partial charge in [0.25, 0.3) is 0 Å². The molecule has 3 N–H and O–H groups in total. The standard InChI is InChI=1S/C89H174O17P2/c1-6-10-13-16-19-22-25-27-29-30-31-32-33-34-38-41-45-48-53-58-63-68-73-87(92)100-79-85(106-89(94)75-70-65-60-55-50-46-42-39-36-35-37-40-43-47-51-56-61-66-71-82(5)9-4)81-104-108(97,98)102-77-83(90)76-101-107(95,96)103-80-84(78-99-86(91)72-67-62-57-52-24-21-18-15-12-8-3)105-88(93)74-69-64-59-54-49-44-28-26-23-20-17-14-11-7-2/h82-85,90H,6-81H2,1-5H3,(H,95,96)(H,97,98)/t82?,83-,84+,85+/m0/s1. The van der Waals surface area contributed by atoms with Crippen molar-refractivity contribution in [3.8, 4) is 0 Å². The molecule has 0 aromatic rings. The number of phosphoric ester groups is 2. The predicted molar refractivity (Wildman–Crippen MR) is 446 cm³/mol. The molecule has 0 aromatic heterocycles. The van der Waals surface area contributed by atoms with E-state index in [1.165, 1.54) is 308 Å². The number of carbonyl (C=O) groups excluding carboxylic acids is 4. The summed E-state index contributed by atoms with van der Waals surface area (Å²) in [5.41, 5.74) is 0. The van der Waals surface area contributed by atoms with Crippen LogP contribution in [0, 0.1) is 5.92 Å². The van der Waals surface area contributed by atoms with Crippen molar-refractivity contribution in [2.75, 3.05) is 39.6 Å². The van der Waals surface area contributed by atoms with Gasteiger partial charge in [0.05, 0.1) is 26.4 Å². The molecule has 0 aliphatic rings. The lowest BCUT2D eigenvalue weighted by molar-refractivity contribution is -0.161. The first-order valence-electron chi connectivity index (χ1n) is 46.2. The molecular formula is C89H174O17P2. The van der Waals surface area contributed by atoms with Crippen molar-refractivity contribution in [1.82, 2.24) is 0 Å². The molecule has 3 unspecified atom stereocenters. The highest BCUT2D eigenvalue weighted by Gasteiger charge is 2.31. The van der Waals surface area contributed by atoms with Crippen LogP contribution in [-0.4, -0.2) is 96.7 Å². The van der Waals surface area contributed by atoms with Crippen molar-refractivity contribution in [2.45, 2.75) is 502 Å². The van der Waals surface area contributed by atoms with E-state index in [1.807, 2.05) is 0 Å². The summed E-state index contributed by atoms with van der Waals surface area (Å²) in [6.07, 6.45) is 76.5. The van der Waals surface area contributed by atoms with Crippen molar-refractivity contribution >= 4 is 39.5 Å². The molecule has 0 heterocycles. The molecule has 0 amide bonds. The van der Waals surface area contributed by atoms with Crippen LogP contribution in [0.3, 0.4) is 0 Å². The molecule has 0 radical (unpaired) electrons. The summed E-state index contributed by atoms with van der Waals surface area (Å²) < 4.78 is 68.9. The first kappa shape index (κ1) is 106. The quantitative estimate of drug-likeness (QED) is 0.0222. The third-order valence-corrected chi connectivity index (χ3v) is 23.3. The van der Waals surface area contributed by atoms with Crippen LogP contribution in [-0.2, 0) is 65.4 Å². The Morgan fingerprint density at radius 3 is 0.657 bits per heavy atom. The molecule has 642 valence electrons. The summed E-state index contributed by atoms with van der Waals surface area (Å²) in [6, 6.07) is 0. The number of unbranched alkanes of at least 4 members (excludes halogenated alkanes) is 60. The number of aliphatic hydroxyl groups is 1. The van der Waals surface area contributed by atoms with Crippen LogP contribution in [0.15, 0.2) is 0 Å². The molecule has 0 aromatic carbocycles. The SMILES string of the molecule is CCCCCCCCCCCCCCCCCCCCCCCCC(=O)OC[C@H](COP(=O)(O)OC[C@@H](O)COP(=O)(O)OC[C@@H](COC(=O)CCCCCCCCCCCC)OC(=O)CCCCCCCCCCCCCCCC)OC(=O)CCCCCCCCCCCCCCCCCCCCC(C)CC. The Hall–Kier alpha value is -1.94. The number of hydrogen-bond donors (Lipinski definition) is 3. The highest BCUT2D eigenvalue weighted by molar-refractivity contribution is 7.47. The Labute approximate surface area is 664 Å². The average Bonchev–Trinajstić information content (AvgIpc) is 0.900. The van der Waals surface area contributed by atoms with Crippen molar-refractivity contribution < 1.29 is 80.2 Å². The van der Waals surface area contributed by atoms with Crippen LogP contribution in [0.4, 0.5) is 0 Å². The Bertz CT molecular complexity index is 2050. The fourth-order valence-electron chi connectivity index (χ4n) is 14.0. The third-order valence-electron chi connectivity index (χ3n) is 21.4. The lowest BCUT2D eigenvalue weighted by atomic mass is 9.99. The molecule has 17 nitrogen and oxygen atoms in total. The normalized spacial score (nSPS) is 14.0. The topological polar surface area (TPSA) is 237 Å². The van der Waals surface area contributed by atoms with Gasteiger partial charge in [-0.05, 0) is 31.6 Å². The van der Waals surface area contributed by atoms with Crippen molar-refractivity contribution in [1.29, 1.82) is 0 Å². The van der Waals surface area contributed by atoms with Crippen molar-refractivity contribution in [3.63, 3.8) is 0 Å². The van der Waals surface area contributed by atoms with E-state index in [0.717, 1.165) is 95.8 Å². The third kappa shape index (κ3) is 80.7. The molecule has 0 aliphatic carbocycles. The summed E-state index contributed by atoms with van der Waals surface area (Å²) in [7, 11) is -9.93. The summed E-state index contributed by atoms with van der Waals surface area (Å²) in [6.45, 7) is 7.44. The van der Waals surface area contributed by atoms with E-state index in [-0.39, 0.29) is 25.7 Å². The van der Waals surface area contributed by atoms with E-state index in [2.05, 4.69) is 34.6 Å². The van der Waals surface area contributed by atoms with E-state index >= 15 is 0 Å². The second kappa shape index (κ2) is 81.6. The Balaban J connectivity index is 5.20. The van der Waals surface area contributed by atoms with Gasteiger partial charge in [0, 0.05) is 25.7 Å². The molecule has 19 heteroatoms. The summed E-state index contributed by atoms with van der Waals surface area (Å²) in [5.74, 6) is -1.23. The maximum atomic E-state index is 13.2. The minimum atomic E-state index is -4.97. The molecular weight excluding hydrogens is 1400 g/mol. The number of rotatable bonds is 89. The fraction of sp³-hybridized carbons (Fsp3) is 0.955. The van der Waals surface area contributed by atoms with Crippen LogP contribution < -0.4 is 0 Å². The molecule has 0 aliphatic heterocycles.